The van der Waals surface area contributed by atoms with Crippen molar-refractivity contribution >= 4 is 23.8 Å². The van der Waals surface area contributed by atoms with Crippen LogP contribution in [-0.4, -0.2) is 35.4 Å². The SMILES string of the molecule is CCOC(=O)CCC(=O)ON1C(=O)c2ccccc2C1=O. The van der Waals surface area contributed by atoms with Crippen molar-refractivity contribution in [2.24, 2.45) is 0 Å². The predicted octanol–water partition coefficient (Wildman–Crippen LogP) is 1.08. The van der Waals surface area contributed by atoms with E-state index < -0.39 is 23.8 Å². The maximum absolute atomic E-state index is 11.9. The molecule has 1 heterocycles. The molecule has 1 aliphatic rings. The van der Waals surface area contributed by atoms with Gasteiger partial charge in [-0.3, -0.25) is 14.4 Å². The Kier molecular flexibility index (Phi) is 4.32. The first-order valence-corrected chi connectivity index (χ1v) is 6.38. The van der Waals surface area contributed by atoms with E-state index in [1.807, 2.05) is 0 Å². The second-order valence-corrected chi connectivity index (χ2v) is 4.22. The Balaban J connectivity index is 1.96. The summed E-state index contributed by atoms with van der Waals surface area (Å²) >= 11 is 0. The molecule has 2 amide bonds. The highest BCUT2D eigenvalue weighted by Crippen LogP contribution is 2.22. The smallest absolute Gasteiger partial charge is 0.333 e. The second-order valence-electron chi connectivity index (χ2n) is 4.22. The Labute approximate surface area is 120 Å². The minimum absolute atomic E-state index is 0.171. The molecule has 1 aromatic rings. The number of hydrogen-bond acceptors (Lipinski definition) is 6. The van der Waals surface area contributed by atoms with E-state index >= 15 is 0 Å². The normalized spacial score (nSPS) is 13.1. The third-order valence-corrected chi connectivity index (χ3v) is 2.79. The summed E-state index contributed by atoms with van der Waals surface area (Å²) in [4.78, 5) is 51.3. The van der Waals surface area contributed by atoms with Crippen molar-refractivity contribution in [1.82, 2.24) is 5.06 Å². The molecule has 0 atom stereocenters. The number of benzene rings is 1. The van der Waals surface area contributed by atoms with Crippen molar-refractivity contribution < 1.29 is 28.8 Å². The molecule has 0 N–H and O–H groups in total. The number of rotatable bonds is 5. The first-order chi connectivity index (χ1) is 10.0. The van der Waals surface area contributed by atoms with Crippen LogP contribution in [0.2, 0.25) is 0 Å². The zero-order valence-corrected chi connectivity index (χ0v) is 11.3. The summed E-state index contributed by atoms with van der Waals surface area (Å²) in [6, 6.07) is 6.16. The molecule has 0 fully saturated rings. The number of ether oxygens (including phenoxy) is 1. The average molecular weight is 291 g/mol. The Morgan fingerprint density at radius 3 is 2.05 bits per heavy atom. The van der Waals surface area contributed by atoms with Gasteiger partial charge in [0.2, 0.25) is 0 Å². The molecule has 0 bridgehead atoms. The Morgan fingerprint density at radius 1 is 1.00 bits per heavy atom. The van der Waals surface area contributed by atoms with Crippen molar-refractivity contribution in [3.8, 4) is 0 Å². The zero-order valence-electron chi connectivity index (χ0n) is 11.3. The molecule has 1 aromatic carbocycles. The fourth-order valence-electron chi connectivity index (χ4n) is 1.83. The topological polar surface area (TPSA) is 90.0 Å². The lowest BCUT2D eigenvalue weighted by Gasteiger charge is -2.12. The minimum atomic E-state index is -0.849. The molecule has 2 rings (SSSR count). The molecule has 0 aliphatic carbocycles. The summed E-state index contributed by atoms with van der Waals surface area (Å²) in [7, 11) is 0. The van der Waals surface area contributed by atoms with Crippen molar-refractivity contribution in [1.29, 1.82) is 0 Å². The van der Waals surface area contributed by atoms with E-state index in [9.17, 15) is 19.2 Å². The van der Waals surface area contributed by atoms with E-state index in [2.05, 4.69) is 4.74 Å². The molecule has 0 unspecified atom stereocenters. The highest BCUT2D eigenvalue weighted by Gasteiger charge is 2.38. The largest absolute Gasteiger partial charge is 0.466 e. The highest BCUT2D eigenvalue weighted by molar-refractivity contribution is 6.20. The van der Waals surface area contributed by atoms with Gasteiger partial charge in [-0.15, -0.1) is 0 Å². The summed E-state index contributed by atoms with van der Waals surface area (Å²) < 4.78 is 4.66. The number of amides is 2. The van der Waals surface area contributed by atoms with Crippen molar-refractivity contribution in [3.05, 3.63) is 35.4 Å². The Hall–Kier alpha value is -2.70. The van der Waals surface area contributed by atoms with Gasteiger partial charge in [0.05, 0.1) is 30.6 Å². The number of imide groups is 1. The summed E-state index contributed by atoms with van der Waals surface area (Å²) in [6.45, 7) is 1.86. The molecule has 0 saturated heterocycles. The van der Waals surface area contributed by atoms with Gasteiger partial charge < -0.3 is 9.57 Å². The maximum Gasteiger partial charge on any atom is 0.333 e. The fraction of sp³-hybridized carbons (Fsp3) is 0.286. The number of nitrogens with zero attached hydrogens (tertiary/aromatic N) is 1. The summed E-state index contributed by atoms with van der Waals surface area (Å²) in [6.07, 6.45) is -0.442. The van der Waals surface area contributed by atoms with E-state index in [-0.39, 0.29) is 30.6 Å². The number of esters is 1. The van der Waals surface area contributed by atoms with Crippen molar-refractivity contribution in [2.75, 3.05) is 6.61 Å². The van der Waals surface area contributed by atoms with Crippen LogP contribution in [0.4, 0.5) is 0 Å². The van der Waals surface area contributed by atoms with Crippen LogP contribution in [0.5, 0.6) is 0 Å². The molecule has 0 aromatic heterocycles. The van der Waals surface area contributed by atoms with Crippen LogP contribution in [0, 0.1) is 0 Å². The van der Waals surface area contributed by atoms with E-state index in [1.165, 1.54) is 12.1 Å². The molecule has 0 saturated carbocycles. The van der Waals surface area contributed by atoms with E-state index in [1.54, 1.807) is 19.1 Å². The van der Waals surface area contributed by atoms with Gasteiger partial charge in [-0.05, 0) is 19.1 Å². The summed E-state index contributed by atoms with van der Waals surface area (Å²) in [5.74, 6) is -2.78. The molecule has 21 heavy (non-hydrogen) atoms. The monoisotopic (exact) mass is 291 g/mol. The van der Waals surface area contributed by atoms with E-state index in [4.69, 9.17) is 4.84 Å². The number of hydrogen-bond donors (Lipinski definition) is 0. The van der Waals surface area contributed by atoms with Crippen LogP contribution in [0.1, 0.15) is 40.5 Å². The predicted molar refractivity (Wildman–Crippen MR) is 68.9 cm³/mol. The molecule has 110 valence electrons. The quantitative estimate of drug-likeness (QED) is 0.595. The molecular formula is C14H13NO6. The van der Waals surface area contributed by atoms with Crippen LogP contribution in [0.25, 0.3) is 0 Å². The highest BCUT2D eigenvalue weighted by atomic mass is 16.7. The van der Waals surface area contributed by atoms with Crippen molar-refractivity contribution in [2.45, 2.75) is 19.8 Å². The lowest BCUT2D eigenvalue weighted by Crippen LogP contribution is -2.32. The first kappa shape index (κ1) is 14.7. The van der Waals surface area contributed by atoms with Gasteiger partial charge in [0, 0.05) is 0 Å². The summed E-state index contributed by atoms with van der Waals surface area (Å²) in [5.41, 5.74) is 0.362. The van der Waals surface area contributed by atoms with Gasteiger partial charge in [0.15, 0.2) is 0 Å². The third kappa shape index (κ3) is 3.07. The maximum atomic E-state index is 11.9. The van der Waals surface area contributed by atoms with E-state index in [0.717, 1.165) is 0 Å². The average Bonchev–Trinajstić information content (AvgIpc) is 2.71. The van der Waals surface area contributed by atoms with Gasteiger partial charge in [-0.1, -0.05) is 17.2 Å². The molecule has 0 radical (unpaired) electrons. The van der Waals surface area contributed by atoms with E-state index in [0.29, 0.717) is 5.06 Å². The molecule has 1 aliphatic heterocycles. The Morgan fingerprint density at radius 2 is 1.52 bits per heavy atom. The van der Waals surface area contributed by atoms with Crippen LogP contribution < -0.4 is 0 Å². The lowest BCUT2D eigenvalue weighted by molar-refractivity contribution is -0.170. The van der Waals surface area contributed by atoms with Crippen LogP contribution in [0.3, 0.4) is 0 Å². The number of carbonyl (C=O) groups excluding carboxylic acids is 4. The number of hydroxylamine groups is 2. The first-order valence-electron chi connectivity index (χ1n) is 6.38. The van der Waals surface area contributed by atoms with Gasteiger partial charge in [-0.25, -0.2) is 4.79 Å². The number of fused-ring (bicyclic) bond motifs is 1. The van der Waals surface area contributed by atoms with Crippen LogP contribution >= 0.6 is 0 Å². The molecular weight excluding hydrogens is 278 g/mol. The van der Waals surface area contributed by atoms with Gasteiger partial charge in [-0.2, -0.15) is 0 Å². The van der Waals surface area contributed by atoms with Crippen LogP contribution in [0.15, 0.2) is 24.3 Å². The summed E-state index contributed by atoms with van der Waals surface area (Å²) in [5, 5.41) is 0.415. The van der Waals surface area contributed by atoms with Crippen molar-refractivity contribution in [3.63, 3.8) is 0 Å². The number of carbonyl (C=O) groups is 4. The Bertz CT molecular complexity index is 574. The lowest BCUT2D eigenvalue weighted by atomic mass is 10.1. The third-order valence-electron chi connectivity index (χ3n) is 2.79. The van der Waals surface area contributed by atoms with Gasteiger partial charge >= 0.3 is 11.9 Å². The molecule has 0 spiro atoms. The van der Waals surface area contributed by atoms with Crippen LogP contribution in [-0.2, 0) is 19.2 Å². The second kappa shape index (κ2) is 6.17. The zero-order chi connectivity index (χ0) is 15.4. The fourth-order valence-corrected chi connectivity index (χ4v) is 1.83. The molecule has 7 heteroatoms. The van der Waals surface area contributed by atoms with Gasteiger partial charge in [0.1, 0.15) is 0 Å². The molecule has 7 nitrogen and oxygen atoms in total. The standard InChI is InChI=1S/C14H13NO6/c1-2-20-11(16)7-8-12(17)21-15-13(18)9-5-3-4-6-10(9)14(15)19/h3-6H,2,7-8H2,1H3. The minimum Gasteiger partial charge on any atom is -0.466 e. The van der Waals surface area contributed by atoms with Gasteiger partial charge in [0.25, 0.3) is 11.8 Å².